The lowest BCUT2D eigenvalue weighted by Crippen LogP contribution is -2.27. The highest BCUT2D eigenvalue weighted by molar-refractivity contribution is 5.59. The van der Waals surface area contributed by atoms with E-state index < -0.39 is 0 Å². The number of hydrogen-bond acceptors (Lipinski definition) is 6. The van der Waals surface area contributed by atoms with Crippen LogP contribution in [0.3, 0.4) is 0 Å². The molecule has 3 aromatic rings. The van der Waals surface area contributed by atoms with Crippen LogP contribution in [0.4, 0.5) is 0 Å². The van der Waals surface area contributed by atoms with Gasteiger partial charge in [0.15, 0.2) is 5.69 Å². The molecule has 1 aromatic carbocycles. The van der Waals surface area contributed by atoms with Crippen molar-refractivity contribution in [1.82, 2.24) is 24.4 Å². The first-order chi connectivity index (χ1) is 11.1. The van der Waals surface area contributed by atoms with Crippen LogP contribution in [0, 0.1) is 0 Å². The SMILES string of the molecule is CC(C)Oc1ccc(-c2nn3cnnc3n(CCO)c2=O)cc1. The molecule has 23 heavy (non-hydrogen) atoms. The first-order valence-corrected chi connectivity index (χ1v) is 7.29. The van der Waals surface area contributed by atoms with Crippen LogP contribution in [0.15, 0.2) is 35.4 Å². The van der Waals surface area contributed by atoms with E-state index in [-0.39, 0.29) is 30.5 Å². The van der Waals surface area contributed by atoms with Crippen molar-refractivity contribution in [1.29, 1.82) is 0 Å². The Labute approximate surface area is 132 Å². The summed E-state index contributed by atoms with van der Waals surface area (Å²) in [6, 6.07) is 7.15. The maximum absolute atomic E-state index is 12.6. The maximum atomic E-state index is 12.6. The number of ether oxygens (including phenoxy) is 1. The number of aromatic nitrogens is 5. The van der Waals surface area contributed by atoms with E-state index in [0.29, 0.717) is 11.3 Å². The molecule has 0 saturated carbocycles. The number of benzene rings is 1. The molecule has 0 atom stereocenters. The highest BCUT2D eigenvalue weighted by atomic mass is 16.5. The fraction of sp³-hybridized carbons (Fsp3) is 0.333. The molecule has 0 aliphatic rings. The van der Waals surface area contributed by atoms with Crippen LogP contribution in [-0.2, 0) is 6.54 Å². The summed E-state index contributed by atoms with van der Waals surface area (Å²) >= 11 is 0. The lowest BCUT2D eigenvalue weighted by Gasteiger charge is -2.11. The van der Waals surface area contributed by atoms with Crippen molar-refractivity contribution in [3.63, 3.8) is 0 Å². The van der Waals surface area contributed by atoms with E-state index in [2.05, 4.69) is 15.3 Å². The second-order valence-corrected chi connectivity index (χ2v) is 5.30. The van der Waals surface area contributed by atoms with Crippen LogP contribution >= 0.6 is 0 Å². The number of rotatable bonds is 5. The predicted octanol–water partition coefficient (Wildman–Crippen LogP) is 0.732. The van der Waals surface area contributed by atoms with Crippen molar-refractivity contribution < 1.29 is 9.84 Å². The number of hydrogen-bond donors (Lipinski definition) is 1. The minimum atomic E-state index is -0.322. The molecule has 0 aliphatic carbocycles. The van der Waals surface area contributed by atoms with Gasteiger partial charge >= 0.3 is 0 Å². The second kappa shape index (κ2) is 6.17. The molecule has 8 nitrogen and oxygen atoms in total. The molecule has 0 aliphatic heterocycles. The molecule has 0 spiro atoms. The van der Waals surface area contributed by atoms with Gasteiger partial charge in [-0.25, -0.2) is 0 Å². The number of fused-ring (bicyclic) bond motifs is 1. The third-order valence-corrected chi connectivity index (χ3v) is 3.23. The lowest BCUT2D eigenvalue weighted by molar-refractivity contribution is 0.242. The Hall–Kier alpha value is -2.74. The molecule has 0 amide bonds. The Bertz CT molecular complexity index is 867. The number of nitrogens with zero attached hydrogens (tertiary/aromatic N) is 5. The molecule has 2 heterocycles. The third kappa shape index (κ3) is 2.93. The normalized spacial score (nSPS) is 11.3. The summed E-state index contributed by atoms with van der Waals surface area (Å²) in [6.45, 7) is 3.85. The summed E-state index contributed by atoms with van der Waals surface area (Å²) in [5, 5.41) is 21.1. The van der Waals surface area contributed by atoms with E-state index in [9.17, 15) is 4.79 Å². The van der Waals surface area contributed by atoms with E-state index in [1.54, 1.807) is 24.3 Å². The summed E-state index contributed by atoms with van der Waals surface area (Å²) in [4.78, 5) is 12.6. The van der Waals surface area contributed by atoms with Gasteiger partial charge in [-0.2, -0.15) is 9.61 Å². The van der Waals surface area contributed by atoms with Gasteiger partial charge in [-0.05, 0) is 38.1 Å². The average molecular weight is 315 g/mol. The molecule has 3 rings (SSSR count). The zero-order chi connectivity index (χ0) is 16.4. The smallest absolute Gasteiger partial charge is 0.281 e. The summed E-state index contributed by atoms with van der Waals surface area (Å²) in [7, 11) is 0. The standard InChI is InChI=1S/C15H17N5O3/c1-10(2)23-12-5-3-11(4-6-12)13-14(22)19(7-8-21)15-17-16-9-20(15)18-13/h3-6,9-10,21H,7-8H2,1-2H3. The average Bonchev–Trinajstić information content (AvgIpc) is 2.98. The molecule has 1 N–H and O–H groups in total. The van der Waals surface area contributed by atoms with Gasteiger partial charge in [-0.15, -0.1) is 10.2 Å². The topological polar surface area (TPSA) is 94.5 Å². The molecule has 8 heteroatoms. The molecular formula is C15H17N5O3. The Morgan fingerprint density at radius 2 is 2.00 bits per heavy atom. The fourth-order valence-corrected chi connectivity index (χ4v) is 2.29. The molecule has 2 aromatic heterocycles. The number of aliphatic hydroxyl groups excluding tert-OH is 1. The molecule has 0 bridgehead atoms. The second-order valence-electron chi connectivity index (χ2n) is 5.30. The Kier molecular flexibility index (Phi) is 4.07. The third-order valence-electron chi connectivity index (χ3n) is 3.23. The molecule has 0 radical (unpaired) electrons. The Morgan fingerprint density at radius 1 is 1.26 bits per heavy atom. The molecular weight excluding hydrogens is 298 g/mol. The van der Waals surface area contributed by atoms with Gasteiger partial charge in [0.05, 0.1) is 19.3 Å². The molecule has 0 fully saturated rings. The summed E-state index contributed by atoms with van der Waals surface area (Å²) in [6.07, 6.45) is 1.50. The highest BCUT2D eigenvalue weighted by Gasteiger charge is 2.14. The van der Waals surface area contributed by atoms with Gasteiger partial charge in [0.2, 0.25) is 0 Å². The summed E-state index contributed by atoms with van der Waals surface area (Å²) in [5.41, 5.74) is 0.604. The Morgan fingerprint density at radius 3 is 2.65 bits per heavy atom. The van der Waals surface area contributed by atoms with Crippen LogP contribution in [0.1, 0.15) is 13.8 Å². The molecule has 0 saturated heterocycles. The quantitative estimate of drug-likeness (QED) is 0.746. The predicted molar refractivity (Wildman–Crippen MR) is 83.3 cm³/mol. The maximum Gasteiger partial charge on any atom is 0.281 e. The monoisotopic (exact) mass is 315 g/mol. The van der Waals surface area contributed by atoms with Gasteiger partial charge in [0, 0.05) is 5.56 Å². The largest absolute Gasteiger partial charge is 0.491 e. The Balaban J connectivity index is 2.08. The van der Waals surface area contributed by atoms with Crippen molar-refractivity contribution in [3.05, 3.63) is 40.9 Å². The van der Waals surface area contributed by atoms with E-state index in [1.165, 1.54) is 15.4 Å². The zero-order valence-corrected chi connectivity index (χ0v) is 12.9. The molecule has 120 valence electrons. The van der Waals surface area contributed by atoms with E-state index >= 15 is 0 Å². The van der Waals surface area contributed by atoms with Crippen LogP contribution in [-0.4, -0.2) is 42.2 Å². The number of aliphatic hydroxyl groups is 1. The first-order valence-electron chi connectivity index (χ1n) is 7.29. The van der Waals surface area contributed by atoms with Gasteiger partial charge in [-0.1, -0.05) is 0 Å². The van der Waals surface area contributed by atoms with E-state index in [0.717, 1.165) is 5.75 Å². The van der Waals surface area contributed by atoms with E-state index in [4.69, 9.17) is 9.84 Å². The van der Waals surface area contributed by atoms with Crippen molar-refractivity contribution in [2.45, 2.75) is 26.5 Å². The van der Waals surface area contributed by atoms with Crippen LogP contribution in [0.25, 0.3) is 17.0 Å². The lowest BCUT2D eigenvalue weighted by atomic mass is 10.1. The van der Waals surface area contributed by atoms with Crippen molar-refractivity contribution in [3.8, 4) is 17.0 Å². The van der Waals surface area contributed by atoms with Gasteiger partial charge in [0.1, 0.15) is 12.1 Å². The van der Waals surface area contributed by atoms with Crippen LogP contribution in [0.2, 0.25) is 0 Å². The minimum Gasteiger partial charge on any atom is -0.491 e. The van der Waals surface area contributed by atoms with E-state index in [1.807, 2.05) is 13.8 Å². The van der Waals surface area contributed by atoms with Crippen molar-refractivity contribution in [2.24, 2.45) is 0 Å². The van der Waals surface area contributed by atoms with Gasteiger partial charge in [-0.3, -0.25) is 9.36 Å². The molecule has 0 unspecified atom stereocenters. The summed E-state index contributed by atoms with van der Waals surface area (Å²) in [5.74, 6) is 1.03. The van der Waals surface area contributed by atoms with Crippen molar-refractivity contribution in [2.75, 3.05) is 6.61 Å². The minimum absolute atomic E-state index is 0.0779. The zero-order valence-electron chi connectivity index (χ0n) is 12.9. The van der Waals surface area contributed by atoms with Crippen molar-refractivity contribution >= 4 is 5.78 Å². The van der Waals surface area contributed by atoms with Gasteiger partial charge < -0.3 is 9.84 Å². The summed E-state index contributed by atoms with van der Waals surface area (Å²) < 4.78 is 8.37. The first kappa shape index (κ1) is 15.2. The highest BCUT2D eigenvalue weighted by Crippen LogP contribution is 2.19. The van der Waals surface area contributed by atoms with Crippen LogP contribution < -0.4 is 10.3 Å². The fourth-order valence-electron chi connectivity index (χ4n) is 2.29. The van der Waals surface area contributed by atoms with Gasteiger partial charge in [0.25, 0.3) is 11.3 Å². The van der Waals surface area contributed by atoms with Crippen LogP contribution in [0.5, 0.6) is 5.75 Å².